The summed E-state index contributed by atoms with van der Waals surface area (Å²) in [5, 5.41) is 11.3. The average molecular weight is 565 g/mol. The number of carbonyl (C=O) groups is 5. The summed E-state index contributed by atoms with van der Waals surface area (Å²) in [5.74, 6) is -4.47. The smallest absolute Gasteiger partial charge is 0.341 e. The van der Waals surface area contributed by atoms with Gasteiger partial charge in [-0.05, 0) is 26.3 Å². The van der Waals surface area contributed by atoms with Gasteiger partial charge < -0.3 is 33.5 Å². The van der Waals surface area contributed by atoms with Gasteiger partial charge in [-0.1, -0.05) is 24.6 Å². The van der Waals surface area contributed by atoms with Crippen molar-refractivity contribution < 1.29 is 57.5 Å². The van der Waals surface area contributed by atoms with Crippen molar-refractivity contribution in [3.63, 3.8) is 0 Å². The van der Waals surface area contributed by atoms with E-state index in [9.17, 15) is 29.1 Å². The minimum atomic E-state index is -1.61. The van der Waals surface area contributed by atoms with Crippen molar-refractivity contribution in [2.75, 3.05) is 0 Å². The van der Waals surface area contributed by atoms with E-state index in [0.717, 1.165) is 6.92 Å². The van der Waals surface area contributed by atoms with Crippen molar-refractivity contribution in [1.29, 1.82) is 0 Å². The SMILES string of the molecule is CC(=O)OC1C(C)=CCC2OC(=O)C3(C)OC23C(OC(C)=O)C2C(C)=CC(O)C(OC(C)=O)C2(C)C1OC(C)=O. The molecule has 2 fully saturated rings. The Morgan fingerprint density at radius 1 is 0.850 bits per heavy atom. The Bertz CT molecular complexity index is 1200. The lowest BCUT2D eigenvalue weighted by Crippen LogP contribution is -2.66. The Balaban J connectivity index is 2.09. The lowest BCUT2D eigenvalue weighted by atomic mass is 9.55. The van der Waals surface area contributed by atoms with Gasteiger partial charge in [0.2, 0.25) is 0 Å². The van der Waals surface area contributed by atoms with Crippen LogP contribution in [0, 0.1) is 11.3 Å². The second kappa shape index (κ2) is 9.99. The predicted molar refractivity (Wildman–Crippen MR) is 134 cm³/mol. The number of ether oxygens (including phenoxy) is 6. The van der Waals surface area contributed by atoms with Crippen LogP contribution in [-0.2, 0) is 52.4 Å². The number of rotatable bonds is 4. The van der Waals surface area contributed by atoms with E-state index >= 15 is 0 Å². The quantitative estimate of drug-likeness (QED) is 0.227. The molecule has 0 aromatic heterocycles. The van der Waals surface area contributed by atoms with Gasteiger partial charge in [0.25, 0.3) is 0 Å². The highest BCUT2D eigenvalue weighted by molar-refractivity contribution is 5.88. The maximum atomic E-state index is 13.0. The van der Waals surface area contributed by atoms with Crippen molar-refractivity contribution >= 4 is 29.8 Å². The van der Waals surface area contributed by atoms with E-state index in [1.165, 1.54) is 26.8 Å². The molecule has 0 amide bonds. The van der Waals surface area contributed by atoms with Crippen molar-refractivity contribution in [2.45, 2.75) is 110 Å². The van der Waals surface area contributed by atoms with E-state index in [0.29, 0.717) is 11.1 Å². The molecule has 0 radical (unpaired) electrons. The number of hydrogen-bond donors (Lipinski definition) is 1. The van der Waals surface area contributed by atoms with Gasteiger partial charge in [-0.25, -0.2) is 4.79 Å². The fraction of sp³-hybridized carbons (Fsp3) is 0.679. The van der Waals surface area contributed by atoms with Gasteiger partial charge in [-0.2, -0.15) is 0 Å². The summed E-state index contributed by atoms with van der Waals surface area (Å²) in [6, 6.07) is 0. The number of carbonyl (C=O) groups excluding carboxylic acids is 5. The molecule has 2 aliphatic carbocycles. The van der Waals surface area contributed by atoms with Crippen LogP contribution in [0.2, 0.25) is 0 Å². The second-order valence-electron chi connectivity index (χ2n) is 11.4. The highest BCUT2D eigenvalue weighted by Gasteiger charge is 2.87. The van der Waals surface area contributed by atoms with Crippen molar-refractivity contribution in [2.24, 2.45) is 11.3 Å². The highest BCUT2D eigenvalue weighted by atomic mass is 16.7. The predicted octanol–water partition coefficient (Wildman–Crippen LogP) is 1.46. The largest absolute Gasteiger partial charge is 0.459 e. The zero-order valence-electron chi connectivity index (χ0n) is 23.8. The molecule has 0 aromatic carbocycles. The number of esters is 5. The number of epoxide rings is 1. The first-order valence-corrected chi connectivity index (χ1v) is 13.1. The van der Waals surface area contributed by atoms with Gasteiger partial charge in [0.15, 0.2) is 23.4 Å². The lowest BCUT2D eigenvalue weighted by Gasteiger charge is -2.55. The summed E-state index contributed by atoms with van der Waals surface area (Å²) in [5.41, 5.74) is -3.59. The summed E-state index contributed by atoms with van der Waals surface area (Å²) < 4.78 is 35.1. The molecule has 2 saturated heterocycles. The molecule has 0 bridgehead atoms. The standard InChI is InChI=1S/C28H36O12/c1-12-9-10-19-28(27(8,40-28)25(34)39-19)23(37-16(5)31)20-13(2)11-18(33)22(36-15(4)30)26(20,7)24(38-17(6)32)21(12)35-14(3)29/h9,11,18-24,33H,10H2,1-8H3. The summed E-state index contributed by atoms with van der Waals surface area (Å²) >= 11 is 0. The number of fused-ring (bicyclic) bond motifs is 1. The number of aliphatic hydroxyl groups excluding tert-OH is 1. The maximum Gasteiger partial charge on any atom is 0.341 e. The van der Waals surface area contributed by atoms with Crippen LogP contribution in [0.15, 0.2) is 23.3 Å². The Morgan fingerprint density at radius 3 is 1.90 bits per heavy atom. The van der Waals surface area contributed by atoms with E-state index in [-0.39, 0.29) is 6.42 Å². The van der Waals surface area contributed by atoms with Crippen LogP contribution >= 0.6 is 0 Å². The van der Waals surface area contributed by atoms with E-state index in [2.05, 4.69) is 0 Å². The van der Waals surface area contributed by atoms with Gasteiger partial charge in [0.05, 0.1) is 5.41 Å². The Morgan fingerprint density at radius 2 is 1.38 bits per heavy atom. The molecular weight excluding hydrogens is 528 g/mol. The Hall–Kier alpha value is -3.25. The third-order valence-electron chi connectivity index (χ3n) is 8.60. The third-order valence-corrected chi connectivity index (χ3v) is 8.60. The average Bonchev–Trinajstić information content (AvgIpc) is 3.40. The molecule has 220 valence electrons. The van der Waals surface area contributed by atoms with Crippen LogP contribution in [0.25, 0.3) is 0 Å². The molecule has 1 spiro atoms. The molecule has 1 N–H and O–H groups in total. The monoisotopic (exact) mass is 564 g/mol. The zero-order chi connectivity index (χ0) is 29.9. The van der Waals surface area contributed by atoms with Gasteiger partial charge in [0.1, 0.15) is 24.4 Å². The molecule has 10 atom stereocenters. The van der Waals surface area contributed by atoms with Crippen LogP contribution in [0.1, 0.15) is 61.8 Å². The molecule has 0 saturated carbocycles. The maximum absolute atomic E-state index is 13.0. The van der Waals surface area contributed by atoms with Crippen LogP contribution in [-0.4, -0.2) is 82.8 Å². The van der Waals surface area contributed by atoms with Crippen LogP contribution in [0.4, 0.5) is 0 Å². The highest BCUT2D eigenvalue weighted by Crippen LogP contribution is 2.65. The van der Waals surface area contributed by atoms with Crippen LogP contribution in [0.5, 0.6) is 0 Å². The van der Waals surface area contributed by atoms with Crippen LogP contribution < -0.4 is 0 Å². The van der Waals surface area contributed by atoms with Crippen molar-refractivity contribution in [3.8, 4) is 0 Å². The summed E-state index contributed by atoms with van der Waals surface area (Å²) in [6.07, 6.45) is -4.21. The minimum absolute atomic E-state index is 0.109. The molecule has 12 heteroatoms. The molecule has 2 heterocycles. The normalized spacial score (nSPS) is 41.9. The molecular formula is C28H36O12. The van der Waals surface area contributed by atoms with Gasteiger partial charge in [-0.3, -0.25) is 19.2 Å². The summed E-state index contributed by atoms with van der Waals surface area (Å²) in [6.45, 7) is 11.2. The van der Waals surface area contributed by atoms with E-state index in [1.54, 1.807) is 33.8 Å². The van der Waals surface area contributed by atoms with Gasteiger partial charge >= 0.3 is 29.8 Å². The minimum Gasteiger partial charge on any atom is -0.459 e. The van der Waals surface area contributed by atoms with E-state index in [4.69, 9.17) is 28.4 Å². The molecule has 40 heavy (non-hydrogen) atoms. The third kappa shape index (κ3) is 4.41. The fourth-order valence-corrected chi connectivity index (χ4v) is 6.98. The summed E-state index contributed by atoms with van der Waals surface area (Å²) in [7, 11) is 0. The number of aliphatic hydroxyl groups is 1. The molecule has 4 aliphatic rings. The first-order valence-electron chi connectivity index (χ1n) is 13.1. The van der Waals surface area contributed by atoms with Crippen molar-refractivity contribution in [1.82, 2.24) is 0 Å². The molecule has 10 unspecified atom stereocenters. The molecule has 0 aromatic rings. The Labute approximate surface area is 231 Å². The van der Waals surface area contributed by atoms with E-state index in [1.807, 2.05) is 0 Å². The second-order valence-corrected chi connectivity index (χ2v) is 11.4. The van der Waals surface area contributed by atoms with E-state index < -0.39 is 89.0 Å². The Kier molecular flexibility index (Phi) is 7.42. The van der Waals surface area contributed by atoms with Gasteiger partial charge in [0, 0.05) is 40.0 Å². The lowest BCUT2D eigenvalue weighted by molar-refractivity contribution is -0.221. The first kappa shape index (κ1) is 29.7. The zero-order valence-corrected chi connectivity index (χ0v) is 23.8. The van der Waals surface area contributed by atoms with Gasteiger partial charge in [-0.15, -0.1) is 0 Å². The number of hydrogen-bond acceptors (Lipinski definition) is 12. The first-order chi connectivity index (χ1) is 18.5. The summed E-state index contributed by atoms with van der Waals surface area (Å²) in [4.78, 5) is 62.9. The molecule has 2 aliphatic heterocycles. The van der Waals surface area contributed by atoms with Crippen LogP contribution in [0.3, 0.4) is 0 Å². The van der Waals surface area contributed by atoms with Crippen molar-refractivity contribution in [3.05, 3.63) is 23.3 Å². The molecule has 4 rings (SSSR count). The molecule has 12 nitrogen and oxygen atoms in total. The topological polar surface area (TPSA) is 164 Å². The fourth-order valence-electron chi connectivity index (χ4n) is 6.98.